The topological polar surface area (TPSA) is 30.5 Å². The lowest BCUT2D eigenvalue weighted by atomic mass is 10.1. The van der Waals surface area contributed by atoms with Gasteiger partial charge in [-0.3, -0.25) is 0 Å². The molecule has 3 nitrogen and oxygen atoms in total. The maximum Gasteiger partial charge on any atom is 0.122 e. The molecule has 3 heteroatoms. The van der Waals surface area contributed by atoms with Crippen molar-refractivity contribution < 1.29 is 9.47 Å². The molecule has 19 heavy (non-hydrogen) atoms. The molecule has 0 aromatic heterocycles. The smallest absolute Gasteiger partial charge is 0.122 e. The average Bonchev–Trinajstić information content (AvgIpc) is 2.42. The van der Waals surface area contributed by atoms with Gasteiger partial charge in [0.15, 0.2) is 0 Å². The second-order valence-corrected chi connectivity index (χ2v) is 5.19. The molecule has 0 bridgehead atoms. The minimum atomic E-state index is 0.150. The Morgan fingerprint density at radius 2 is 2.05 bits per heavy atom. The fourth-order valence-corrected chi connectivity index (χ4v) is 2.54. The summed E-state index contributed by atoms with van der Waals surface area (Å²) < 4.78 is 11.7. The van der Waals surface area contributed by atoms with Crippen molar-refractivity contribution in [2.45, 2.75) is 45.8 Å². The summed E-state index contributed by atoms with van der Waals surface area (Å²) >= 11 is 0. The largest absolute Gasteiger partial charge is 0.494 e. The van der Waals surface area contributed by atoms with E-state index in [1.54, 1.807) is 0 Å². The van der Waals surface area contributed by atoms with Crippen LogP contribution < -0.4 is 10.1 Å². The van der Waals surface area contributed by atoms with Crippen molar-refractivity contribution in [3.05, 3.63) is 29.3 Å². The van der Waals surface area contributed by atoms with Crippen LogP contribution in [0.3, 0.4) is 0 Å². The minimum absolute atomic E-state index is 0.150. The number of rotatable bonds is 5. The Morgan fingerprint density at radius 1 is 1.32 bits per heavy atom. The number of aryl methyl sites for hydroxylation is 1. The molecule has 2 rings (SSSR count). The molecule has 0 amide bonds. The zero-order chi connectivity index (χ0) is 13.7. The molecule has 1 aliphatic rings. The van der Waals surface area contributed by atoms with Gasteiger partial charge in [0.2, 0.25) is 0 Å². The van der Waals surface area contributed by atoms with Crippen molar-refractivity contribution in [1.82, 2.24) is 5.32 Å². The zero-order valence-corrected chi connectivity index (χ0v) is 12.2. The molecule has 0 spiro atoms. The van der Waals surface area contributed by atoms with Crippen LogP contribution in [0.1, 0.15) is 43.9 Å². The molecular formula is C16H25NO2. The highest BCUT2D eigenvalue weighted by molar-refractivity contribution is 5.37. The zero-order valence-electron chi connectivity index (χ0n) is 12.2. The highest BCUT2D eigenvalue weighted by Crippen LogP contribution is 2.26. The number of benzene rings is 1. The molecule has 1 aromatic rings. The summed E-state index contributed by atoms with van der Waals surface area (Å²) in [6.07, 6.45) is 2.77. The summed E-state index contributed by atoms with van der Waals surface area (Å²) in [5, 5.41) is 3.36. The Kier molecular flexibility index (Phi) is 5.23. The number of piperidine rings is 1. The van der Waals surface area contributed by atoms with Crippen LogP contribution >= 0.6 is 0 Å². The second-order valence-electron chi connectivity index (χ2n) is 5.19. The van der Waals surface area contributed by atoms with Gasteiger partial charge in [0.1, 0.15) is 5.75 Å². The summed E-state index contributed by atoms with van der Waals surface area (Å²) in [4.78, 5) is 0. The first-order chi connectivity index (χ1) is 9.20. The maximum atomic E-state index is 6.15. The van der Waals surface area contributed by atoms with Gasteiger partial charge in [-0.05, 0) is 70.0 Å². The quantitative estimate of drug-likeness (QED) is 0.884. The van der Waals surface area contributed by atoms with Gasteiger partial charge in [-0.15, -0.1) is 0 Å². The van der Waals surface area contributed by atoms with E-state index in [1.807, 2.05) is 6.92 Å². The molecule has 1 saturated heterocycles. The first-order valence-corrected chi connectivity index (χ1v) is 7.30. The lowest BCUT2D eigenvalue weighted by Gasteiger charge is -2.26. The van der Waals surface area contributed by atoms with E-state index in [0.717, 1.165) is 31.7 Å². The van der Waals surface area contributed by atoms with E-state index >= 15 is 0 Å². The number of ether oxygens (including phenoxy) is 2. The molecular weight excluding hydrogens is 238 g/mol. The number of hydrogen-bond acceptors (Lipinski definition) is 3. The van der Waals surface area contributed by atoms with E-state index in [2.05, 4.69) is 37.4 Å². The van der Waals surface area contributed by atoms with Crippen molar-refractivity contribution in [2.75, 3.05) is 19.7 Å². The number of nitrogens with one attached hydrogen (secondary N) is 1. The predicted octanol–water partition coefficient (Wildman–Crippen LogP) is 3.22. The van der Waals surface area contributed by atoms with Crippen LogP contribution in [0.15, 0.2) is 18.2 Å². The van der Waals surface area contributed by atoms with Gasteiger partial charge in [-0.1, -0.05) is 6.07 Å². The molecule has 1 atom stereocenters. The Balaban J connectivity index is 1.98. The molecule has 0 aliphatic carbocycles. The molecule has 1 fully saturated rings. The molecule has 1 aromatic carbocycles. The molecule has 1 N–H and O–H groups in total. The van der Waals surface area contributed by atoms with Crippen LogP contribution in [-0.4, -0.2) is 25.8 Å². The molecule has 0 radical (unpaired) electrons. The second kappa shape index (κ2) is 6.92. The van der Waals surface area contributed by atoms with Crippen molar-refractivity contribution in [2.24, 2.45) is 0 Å². The lowest BCUT2D eigenvalue weighted by molar-refractivity contribution is -0.0187. The van der Waals surface area contributed by atoms with Crippen LogP contribution in [0.4, 0.5) is 0 Å². The lowest BCUT2D eigenvalue weighted by Crippen LogP contribution is -2.33. The van der Waals surface area contributed by atoms with Crippen molar-refractivity contribution >= 4 is 0 Å². The monoisotopic (exact) mass is 263 g/mol. The minimum Gasteiger partial charge on any atom is -0.494 e. The summed E-state index contributed by atoms with van der Waals surface area (Å²) in [6, 6.07) is 6.34. The van der Waals surface area contributed by atoms with Gasteiger partial charge in [0.25, 0.3) is 0 Å². The normalized spacial score (nSPS) is 18.3. The Morgan fingerprint density at radius 3 is 2.68 bits per heavy atom. The van der Waals surface area contributed by atoms with E-state index in [-0.39, 0.29) is 6.10 Å². The fourth-order valence-electron chi connectivity index (χ4n) is 2.54. The molecule has 106 valence electrons. The van der Waals surface area contributed by atoms with E-state index < -0.39 is 0 Å². The van der Waals surface area contributed by atoms with Crippen LogP contribution in [0, 0.1) is 6.92 Å². The van der Waals surface area contributed by atoms with E-state index in [9.17, 15) is 0 Å². The van der Waals surface area contributed by atoms with Gasteiger partial charge in [-0.25, -0.2) is 0 Å². The SMILES string of the molecule is CCOc1ccc(C(C)OC2CCNCC2)cc1C. The molecule has 1 unspecified atom stereocenters. The number of hydrogen-bond donors (Lipinski definition) is 1. The van der Waals surface area contributed by atoms with E-state index in [0.29, 0.717) is 12.7 Å². The van der Waals surface area contributed by atoms with Crippen LogP contribution in [0.5, 0.6) is 5.75 Å². The van der Waals surface area contributed by atoms with Gasteiger partial charge in [0, 0.05) is 0 Å². The van der Waals surface area contributed by atoms with Gasteiger partial charge in [-0.2, -0.15) is 0 Å². The van der Waals surface area contributed by atoms with Crippen molar-refractivity contribution in [3.8, 4) is 5.75 Å². The summed E-state index contributed by atoms with van der Waals surface area (Å²) in [7, 11) is 0. The molecule has 1 heterocycles. The van der Waals surface area contributed by atoms with E-state index in [4.69, 9.17) is 9.47 Å². The van der Waals surface area contributed by atoms with Gasteiger partial charge in [0.05, 0.1) is 18.8 Å². The van der Waals surface area contributed by atoms with Crippen LogP contribution in [-0.2, 0) is 4.74 Å². The van der Waals surface area contributed by atoms with Crippen LogP contribution in [0.25, 0.3) is 0 Å². The maximum absolute atomic E-state index is 6.15. The third-order valence-corrected chi connectivity index (χ3v) is 3.65. The van der Waals surface area contributed by atoms with Crippen molar-refractivity contribution in [3.63, 3.8) is 0 Å². The Labute approximate surface area is 116 Å². The average molecular weight is 263 g/mol. The highest BCUT2D eigenvalue weighted by Gasteiger charge is 2.17. The first-order valence-electron chi connectivity index (χ1n) is 7.30. The summed E-state index contributed by atoms with van der Waals surface area (Å²) in [5.41, 5.74) is 2.42. The standard InChI is InChI=1S/C16H25NO2/c1-4-18-16-6-5-14(11-12(16)2)13(3)19-15-7-9-17-10-8-15/h5-6,11,13,15,17H,4,7-10H2,1-3H3. The third-order valence-electron chi connectivity index (χ3n) is 3.65. The van der Waals surface area contributed by atoms with Gasteiger partial charge >= 0.3 is 0 Å². The molecule has 0 saturated carbocycles. The summed E-state index contributed by atoms with van der Waals surface area (Å²) in [6.45, 7) is 9.08. The van der Waals surface area contributed by atoms with Gasteiger partial charge < -0.3 is 14.8 Å². The Hall–Kier alpha value is -1.06. The molecule has 1 aliphatic heterocycles. The third kappa shape index (κ3) is 3.95. The first kappa shape index (κ1) is 14.4. The Bertz CT molecular complexity index is 400. The summed E-state index contributed by atoms with van der Waals surface area (Å²) in [5.74, 6) is 0.973. The predicted molar refractivity (Wildman–Crippen MR) is 77.7 cm³/mol. The van der Waals surface area contributed by atoms with Crippen LogP contribution in [0.2, 0.25) is 0 Å². The fraction of sp³-hybridized carbons (Fsp3) is 0.625. The van der Waals surface area contributed by atoms with Crippen molar-refractivity contribution in [1.29, 1.82) is 0 Å². The van der Waals surface area contributed by atoms with E-state index in [1.165, 1.54) is 11.1 Å². The highest BCUT2D eigenvalue weighted by atomic mass is 16.5.